The molecular weight excluding hydrogens is 288 g/mol. The Bertz CT molecular complexity index is 674. The van der Waals surface area contributed by atoms with Crippen molar-refractivity contribution >= 4 is 5.82 Å². The van der Waals surface area contributed by atoms with Crippen LogP contribution < -0.4 is 5.32 Å². The van der Waals surface area contributed by atoms with E-state index in [0.29, 0.717) is 6.04 Å². The number of hydrogen-bond acceptors (Lipinski definition) is 5. The zero-order chi connectivity index (χ0) is 16.2. The average molecular weight is 312 g/mol. The zero-order valence-corrected chi connectivity index (χ0v) is 13.8. The molecule has 0 spiro atoms. The van der Waals surface area contributed by atoms with Gasteiger partial charge in [-0.2, -0.15) is 0 Å². The van der Waals surface area contributed by atoms with Crippen molar-refractivity contribution in [1.82, 2.24) is 15.1 Å². The summed E-state index contributed by atoms with van der Waals surface area (Å²) in [6.45, 7) is 7.54. The third-order valence-corrected chi connectivity index (χ3v) is 4.45. The molecule has 2 N–H and O–H groups in total. The van der Waals surface area contributed by atoms with E-state index >= 15 is 0 Å². The molecular formula is C18H24N4O. The van der Waals surface area contributed by atoms with E-state index in [1.807, 2.05) is 25.1 Å². The summed E-state index contributed by atoms with van der Waals surface area (Å²) in [6.07, 6.45) is 2.38. The van der Waals surface area contributed by atoms with Gasteiger partial charge in [-0.25, -0.2) is 0 Å². The molecule has 2 aromatic rings. The van der Waals surface area contributed by atoms with Gasteiger partial charge in [-0.05, 0) is 56.6 Å². The summed E-state index contributed by atoms with van der Waals surface area (Å²) in [5.41, 5.74) is 2.46. The Morgan fingerprint density at radius 1 is 1.30 bits per heavy atom. The predicted molar refractivity (Wildman–Crippen MR) is 92.6 cm³/mol. The number of rotatable bonds is 4. The Morgan fingerprint density at radius 3 is 2.87 bits per heavy atom. The average Bonchev–Trinajstić information content (AvgIpc) is 2.56. The van der Waals surface area contributed by atoms with Gasteiger partial charge in [-0.3, -0.25) is 0 Å². The molecule has 1 atom stereocenters. The van der Waals surface area contributed by atoms with Crippen LogP contribution in [0.5, 0.6) is 5.75 Å². The van der Waals surface area contributed by atoms with Crippen molar-refractivity contribution in [3.05, 3.63) is 35.9 Å². The van der Waals surface area contributed by atoms with Crippen molar-refractivity contribution in [2.24, 2.45) is 0 Å². The number of phenolic OH excluding ortho intramolecular Hbond substituents is 1. The number of likely N-dealkylation sites (tertiary alicyclic amines) is 1. The van der Waals surface area contributed by atoms with Crippen LogP contribution in [0.2, 0.25) is 0 Å². The molecule has 5 heteroatoms. The van der Waals surface area contributed by atoms with Gasteiger partial charge in [0.1, 0.15) is 11.6 Å². The molecule has 5 nitrogen and oxygen atoms in total. The van der Waals surface area contributed by atoms with Crippen LogP contribution >= 0.6 is 0 Å². The Balaban J connectivity index is 1.76. The number of aryl methyl sites for hydroxylation is 1. The zero-order valence-electron chi connectivity index (χ0n) is 13.8. The first-order valence-corrected chi connectivity index (χ1v) is 8.29. The van der Waals surface area contributed by atoms with Gasteiger partial charge in [-0.15, -0.1) is 10.2 Å². The molecule has 0 radical (unpaired) electrons. The number of nitrogens with one attached hydrogen (secondary N) is 1. The summed E-state index contributed by atoms with van der Waals surface area (Å²) in [7, 11) is 0. The van der Waals surface area contributed by atoms with Gasteiger partial charge < -0.3 is 15.3 Å². The molecule has 122 valence electrons. The first kappa shape index (κ1) is 15.7. The Morgan fingerprint density at radius 2 is 2.13 bits per heavy atom. The molecule has 1 saturated heterocycles. The van der Waals surface area contributed by atoms with E-state index in [0.717, 1.165) is 35.7 Å². The molecule has 23 heavy (non-hydrogen) atoms. The summed E-state index contributed by atoms with van der Waals surface area (Å²) in [5, 5.41) is 22.1. The van der Waals surface area contributed by atoms with Gasteiger partial charge in [0.25, 0.3) is 0 Å². The maximum atomic E-state index is 9.99. The Kier molecular flexibility index (Phi) is 4.76. The molecule has 0 aliphatic carbocycles. The van der Waals surface area contributed by atoms with Crippen molar-refractivity contribution in [2.45, 2.75) is 32.7 Å². The summed E-state index contributed by atoms with van der Waals surface area (Å²) < 4.78 is 0. The van der Waals surface area contributed by atoms with Crippen LogP contribution in [0.15, 0.2) is 30.3 Å². The summed E-state index contributed by atoms with van der Waals surface area (Å²) in [5.74, 6) is 1.04. The molecule has 1 aromatic heterocycles. The fourth-order valence-corrected chi connectivity index (χ4v) is 3.17. The van der Waals surface area contributed by atoms with Crippen LogP contribution in [0.4, 0.5) is 5.82 Å². The van der Waals surface area contributed by atoms with Gasteiger partial charge in [0.15, 0.2) is 0 Å². The summed E-state index contributed by atoms with van der Waals surface area (Å²) in [6, 6.07) is 9.67. The number of para-hydroxylation sites is 1. The van der Waals surface area contributed by atoms with E-state index in [9.17, 15) is 5.11 Å². The molecule has 1 aromatic carbocycles. The standard InChI is InChI=1S/C18H24N4O/c1-3-22-10-6-7-14(12-22)19-17-11-13(2)18(21-20-17)15-8-4-5-9-16(15)23/h4-5,8-9,11,14,23H,3,6-7,10,12H2,1-2H3,(H,19,20)/t14-/m1/s1. The highest BCUT2D eigenvalue weighted by atomic mass is 16.3. The van der Waals surface area contributed by atoms with Crippen molar-refractivity contribution in [1.29, 1.82) is 0 Å². The number of aromatic nitrogens is 2. The lowest BCUT2D eigenvalue weighted by atomic mass is 10.0. The fourth-order valence-electron chi connectivity index (χ4n) is 3.17. The lowest BCUT2D eigenvalue weighted by Crippen LogP contribution is -2.42. The van der Waals surface area contributed by atoms with Crippen LogP contribution in [0.1, 0.15) is 25.3 Å². The number of likely N-dealkylation sites (N-methyl/N-ethyl adjacent to an activating group) is 1. The highest BCUT2D eigenvalue weighted by Crippen LogP contribution is 2.29. The first-order chi connectivity index (χ1) is 11.2. The van der Waals surface area contributed by atoms with E-state index in [1.54, 1.807) is 12.1 Å². The highest BCUT2D eigenvalue weighted by Gasteiger charge is 2.19. The van der Waals surface area contributed by atoms with E-state index < -0.39 is 0 Å². The number of nitrogens with zero attached hydrogens (tertiary/aromatic N) is 3. The van der Waals surface area contributed by atoms with Gasteiger partial charge in [0.05, 0.1) is 5.69 Å². The number of aromatic hydroxyl groups is 1. The number of anilines is 1. The van der Waals surface area contributed by atoms with Gasteiger partial charge in [0, 0.05) is 18.2 Å². The number of benzene rings is 1. The quantitative estimate of drug-likeness (QED) is 0.908. The molecule has 1 aliphatic rings. The monoisotopic (exact) mass is 312 g/mol. The third kappa shape index (κ3) is 3.62. The molecule has 0 saturated carbocycles. The second-order valence-electron chi connectivity index (χ2n) is 6.16. The van der Waals surface area contributed by atoms with Gasteiger partial charge in [-0.1, -0.05) is 19.1 Å². The maximum Gasteiger partial charge on any atom is 0.149 e. The minimum absolute atomic E-state index is 0.233. The molecule has 0 amide bonds. The lowest BCUT2D eigenvalue weighted by Gasteiger charge is -2.32. The number of phenols is 1. The Hall–Kier alpha value is -2.14. The van der Waals surface area contributed by atoms with E-state index in [1.165, 1.54) is 19.4 Å². The lowest BCUT2D eigenvalue weighted by molar-refractivity contribution is 0.226. The molecule has 0 bridgehead atoms. The molecule has 2 heterocycles. The number of hydrogen-bond donors (Lipinski definition) is 2. The maximum absolute atomic E-state index is 9.99. The highest BCUT2D eigenvalue weighted by molar-refractivity contribution is 5.69. The van der Waals surface area contributed by atoms with E-state index in [4.69, 9.17) is 0 Å². The van der Waals surface area contributed by atoms with Crippen molar-refractivity contribution in [3.63, 3.8) is 0 Å². The van der Waals surface area contributed by atoms with Crippen molar-refractivity contribution in [3.8, 4) is 17.0 Å². The van der Waals surface area contributed by atoms with Gasteiger partial charge >= 0.3 is 0 Å². The van der Waals surface area contributed by atoms with Crippen LogP contribution in [0, 0.1) is 6.92 Å². The Labute approximate surface area is 137 Å². The van der Waals surface area contributed by atoms with Crippen LogP contribution in [-0.2, 0) is 0 Å². The number of piperidine rings is 1. The van der Waals surface area contributed by atoms with Crippen molar-refractivity contribution < 1.29 is 5.11 Å². The third-order valence-electron chi connectivity index (χ3n) is 4.45. The van der Waals surface area contributed by atoms with Crippen LogP contribution in [-0.4, -0.2) is 45.9 Å². The van der Waals surface area contributed by atoms with Crippen LogP contribution in [0.3, 0.4) is 0 Å². The normalized spacial score (nSPS) is 18.8. The van der Waals surface area contributed by atoms with Crippen LogP contribution in [0.25, 0.3) is 11.3 Å². The largest absolute Gasteiger partial charge is 0.507 e. The molecule has 3 rings (SSSR count). The molecule has 0 unspecified atom stereocenters. The van der Waals surface area contributed by atoms with E-state index in [-0.39, 0.29) is 5.75 Å². The fraction of sp³-hybridized carbons (Fsp3) is 0.444. The predicted octanol–water partition coefficient (Wildman–Crippen LogP) is 3.05. The summed E-state index contributed by atoms with van der Waals surface area (Å²) >= 11 is 0. The second-order valence-corrected chi connectivity index (χ2v) is 6.16. The molecule has 1 aliphatic heterocycles. The molecule has 1 fully saturated rings. The first-order valence-electron chi connectivity index (χ1n) is 8.29. The van der Waals surface area contributed by atoms with E-state index in [2.05, 4.69) is 27.3 Å². The smallest absolute Gasteiger partial charge is 0.149 e. The minimum atomic E-state index is 0.233. The topological polar surface area (TPSA) is 61.3 Å². The van der Waals surface area contributed by atoms with Crippen molar-refractivity contribution in [2.75, 3.05) is 25.0 Å². The minimum Gasteiger partial charge on any atom is -0.507 e. The SMILES string of the molecule is CCN1CCC[C@@H](Nc2cc(C)c(-c3ccccc3O)nn2)C1. The van der Waals surface area contributed by atoms with Gasteiger partial charge in [0.2, 0.25) is 0 Å². The second kappa shape index (κ2) is 6.96. The summed E-state index contributed by atoms with van der Waals surface area (Å²) in [4.78, 5) is 2.46.